The Balaban J connectivity index is 0.896. The second-order valence-corrected chi connectivity index (χ2v) is 16.5. The van der Waals surface area contributed by atoms with Crippen LogP contribution in [0.25, 0.3) is 0 Å². The number of allylic oxidation sites excluding steroid dienone is 1. The van der Waals surface area contributed by atoms with Crippen LogP contribution >= 0.6 is 0 Å². The van der Waals surface area contributed by atoms with Crippen molar-refractivity contribution in [2.75, 3.05) is 13.2 Å². The summed E-state index contributed by atoms with van der Waals surface area (Å²) in [4.78, 5) is 0. The van der Waals surface area contributed by atoms with Crippen molar-refractivity contribution in [1.82, 2.24) is 0 Å². The second kappa shape index (κ2) is 13.0. The highest BCUT2D eigenvalue weighted by atomic mass is 16.7. The summed E-state index contributed by atoms with van der Waals surface area (Å²) in [6.07, 6.45) is 1.06. The summed E-state index contributed by atoms with van der Waals surface area (Å²) in [6, 6.07) is 0. The van der Waals surface area contributed by atoms with E-state index >= 15 is 0 Å². The Morgan fingerprint density at radius 3 is 2.40 bits per heavy atom. The summed E-state index contributed by atoms with van der Waals surface area (Å²) >= 11 is 0. The molecule has 1 spiro atoms. The lowest BCUT2D eigenvalue weighted by atomic mass is 9.50. The molecule has 19 atom stereocenters. The first kappa shape index (κ1) is 34.4. The summed E-state index contributed by atoms with van der Waals surface area (Å²) < 4.78 is 36.5. The predicted molar refractivity (Wildman–Crippen MR) is 168 cm³/mol. The van der Waals surface area contributed by atoms with Crippen LogP contribution in [0, 0.1) is 35.0 Å². The van der Waals surface area contributed by atoms with Gasteiger partial charge in [-0.3, -0.25) is 0 Å². The monoisotopic (exact) mass is 680 g/mol. The van der Waals surface area contributed by atoms with Crippen molar-refractivity contribution in [3.63, 3.8) is 0 Å². The number of ether oxygens (including phenoxy) is 6. The van der Waals surface area contributed by atoms with Gasteiger partial charge in [0.05, 0.1) is 31.5 Å². The van der Waals surface area contributed by atoms with Crippen LogP contribution in [-0.2, 0) is 28.4 Å². The Morgan fingerprint density at radius 2 is 1.62 bits per heavy atom. The first-order chi connectivity index (χ1) is 23.0. The smallest absolute Gasteiger partial charge is 0.187 e. The zero-order valence-corrected chi connectivity index (χ0v) is 28.2. The minimum absolute atomic E-state index is 0.105. The van der Waals surface area contributed by atoms with Gasteiger partial charge in [-0.05, 0) is 99.7 Å². The maximum atomic E-state index is 11.1. The largest absolute Gasteiger partial charge is 0.394 e. The lowest BCUT2D eigenvalue weighted by molar-refractivity contribution is -0.360. The summed E-state index contributed by atoms with van der Waals surface area (Å²) in [5, 5.41) is 62.9. The van der Waals surface area contributed by atoms with Crippen LogP contribution in [0.3, 0.4) is 0 Å². The number of aliphatic hydroxyl groups excluding tert-OH is 6. The fourth-order valence-corrected chi connectivity index (χ4v) is 11.5. The zero-order valence-electron chi connectivity index (χ0n) is 28.2. The van der Waals surface area contributed by atoms with E-state index in [0.717, 1.165) is 63.9 Å². The molecule has 4 aliphatic heterocycles. The zero-order chi connectivity index (χ0) is 33.5. The molecule has 0 aromatic heterocycles. The van der Waals surface area contributed by atoms with Crippen LogP contribution in [0.1, 0.15) is 84.5 Å². The SMILES string of the molecule is CC1OC(OC2C(CO)OC(OC3CC[C@@]4(C)C(=CCC5C6CC7OC8(CCCCO8)CC7C6CCC54)C3)[C@@H](O)[C@@H]2O)[C@@H](O)[C@@H](O)C1O. The normalized spacial score (nSPS) is 56.6. The molecule has 0 amide bonds. The molecule has 7 fully saturated rings. The average molecular weight is 681 g/mol. The van der Waals surface area contributed by atoms with E-state index in [1.165, 1.54) is 31.8 Å². The lowest BCUT2D eigenvalue weighted by Crippen LogP contribution is -2.64. The number of hydrogen-bond donors (Lipinski definition) is 6. The third-order valence-corrected chi connectivity index (χ3v) is 14.1. The molecular formula is C36H56O12. The van der Waals surface area contributed by atoms with Crippen LogP contribution < -0.4 is 0 Å². The van der Waals surface area contributed by atoms with E-state index in [2.05, 4.69) is 13.0 Å². The molecule has 272 valence electrons. The molecule has 48 heavy (non-hydrogen) atoms. The molecule has 4 aliphatic carbocycles. The van der Waals surface area contributed by atoms with Crippen molar-refractivity contribution in [3.05, 3.63) is 11.6 Å². The predicted octanol–water partition coefficient (Wildman–Crippen LogP) is 1.51. The quantitative estimate of drug-likeness (QED) is 0.231. The molecule has 4 heterocycles. The topological polar surface area (TPSA) is 177 Å². The minimum atomic E-state index is -1.60. The third kappa shape index (κ3) is 5.65. The van der Waals surface area contributed by atoms with E-state index in [0.29, 0.717) is 29.8 Å². The number of rotatable bonds is 5. The molecule has 0 aromatic rings. The molecular weight excluding hydrogens is 624 g/mol. The highest BCUT2D eigenvalue weighted by molar-refractivity contribution is 5.25. The van der Waals surface area contributed by atoms with Gasteiger partial charge >= 0.3 is 0 Å². The van der Waals surface area contributed by atoms with Gasteiger partial charge in [0.25, 0.3) is 0 Å². The van der Waals surface area contributed by atoms with Gasteiger partial charge in [-0.25, -0.2) is 0 Å². The molecule has 14 unspecified atom stereocenters. The van der Waals surface area contributed by atoms with Gasteiger partial charge in [-0.15, -0.1) is 0 Å². The van der Waals surface area contributed by atoms with Gasteiger partial charge in [-0.1, -0.05) is 18.6 Å². The molecule has 4 saturated heterocycles. The van der Waals surface area contributed by atoms with E-state index in [1.54, 1.807) is 0 Å². The second-order valence-electron chi connectivity index (χ2n) is 16.5. The Hall–Kier alpha value is -0.740. The summed E-state index contributed by atoms with van der Waals surface area (Å²) in [7, 11) is 0. The molecule has 3 saturated carbocycles. The van der Waals surface area contributed by atoms with E-state index in [1.807, 2.05) is 0 Å². The highest BCUT2D eigenvalue weighted by Gasteiger charge is 2.61. The average Bonchev–Trinajstić information content (AvgIpc) is 3.60. The van der Waals surface area contributed by atoms with Crippen molar-refractivity contribution in [2.45, 2.75) is 164 Å². The maximum Gasteiger partial charge on any atom is 0.187 e. The Labute approximate surface area is 282 Å². The number of hydrogen-bond acceptors (Lipinski definition) is 12. The van der Waals surface area contributed by atoms with Gasteiger partial charge in [-0.2, -0.15) is 0 Å². The minimum Gasteiger partial charge on any atom is -0.394 e. The number of aliphatic hydroxyl groups is 6. The first-order valence-corrected chi connectivity index (χ1v) is 18.7. The van der Waals surface area contributed by atoms with Crippen molar-refractivity contribution >= 4 is 0 Å². The van der Waals surface area contributed by atoms with Crippen molar-refractivity contribution in [1.29, 1.82) is 0 Å². The van der Waals surface area contributed by atoms with Crippen LogP contribution in [0.15, 0.2) is 11.6 Å². The Bertz CT molecular complexity index is 1190. The van der Waals surface area contributed by atoms with E-state index in [4.69, 9.17) is 28.4 Å². The van der Waals surface area contributed by atoms with E-state index < -0.39 is 68.0 Å². The summed E-state index contributed by atoms with van der Waals surface area (Å²) in [5.74, 6) is 3.06. The molecule has 12 heteroatoms. The standard InChI is InChI=1S/C36H56O12/c1-17-27(38)28(39)30(41)33(44-17)47-32-26(16-37)46-34(31(42)29(32)40)45-19-9-11-35(2)18(13-19)5-6-21-22-14-25-23(20(22)7-8-24(21)35)15-36(48-25)10-3-4-12-43-36/h5,17,19-34,37-42H,3-4,6-16H2,1-2H3/t17?,19?,20?,21?,22?,23?,24?,25?,26?,27?,28-,29-,30-,31-,32?,33?,34?,35-,36?/m0/s1. The van der Waals surface area contributed by atoms with Crippen molar-refractivity contribution < 1.29 is 59.1 Å². The van der Waals surface area contributed by atoms with Crippen LogP contribution in [0.5, 0.6) is 0 Å². The Morgan fingerprint density at radius 1 is 0.833 bits per heavy atom. The van der Waals surface area contributed by atoms with Gasteiger partial charge in [0.15, 0.2) is 18.4 Å². The van der Waals surface area contributed by atoms with Gasteiger partial charge in [0.2, 0.25) is 0 Å². The summed E-state index contributed by atoms with van der Waals surface area (Å²) in [6.45, 7) is 4.25. The third-order valence-electron chi connectivity index (χ3n) is 14.1. The molecule has 0 aromatic carbocycles. The molecule has 6 N–H and O–H groups in total. The van der Waals surface area contributed by atoms with E-state index in [9.17, 15) is 30.6 Å². The highest BCUT2D eigenvalue weighted by Crippen LogP contribution is 2.65. The fourth-order valence-electron chi connectivity index (χ4n) is 11.5. The molecule has 8 aliphatic rings. The van der Waals surface area contributed by atoms with Crippen LogP contribution in [-0.4, -0.2) is 123 Å². The molecule has 0 bridgehead atoms. The Kier molecular flexibility index (Phi) is 9.33. The maximum absolute atomic E-state index is 11.1. The summed E-state index contributed by atoms with van der Waals surface area (Å²) in [5.41, 5.74) is 1.53. The lowest BCUT2D eigenvalue weighted by Gasteiger charge is -2.56. The fraction of sp³-hybridized carbons (Fsp3) is 0.944. The van der Waals surface area contributed by atoms with Crippen LogP contribution in [0.2, 0.25) is 0 Å². The van der Waals surface area contributed by atoms with Crippen LogP contribution in [0.4, 0.5) is 0 Å². The van der Waals surface area contributed by atoms with Crippen molar-refractivity contribution in [3.8, 4) is 0 Å². The van der Waals surface area contributed by atoms with E-state index in [-0.39, 0.29) is 17.3 Å². The van der Waals surface area contributed by atoms with Gasteiger partial charge in [0, 0.05) is 12.8 Å². The van der Waals surface area contributed by atoms with Gasteiger partial charge in [0.1, 0.15) is 42.7 Å². The van der Waals surface area contributed by atoms with Crippen molar-refractivity contribution in [2.24, 2.45) is 35.0 Å². The first-order valence-electron chi connectivity index (χ1n) is 18.7. The van der Waals surface area contributed by atoms with Gasteiger partial charge < -0.3 is 59.1 Å². The molecule has 8 rings (SSSR count). The molecule has 12 nitrogen and oxygen atoms in total. The number of fused-ring (bicyclic) bond motifs is 7. The molecule has 0 radical (unpaired) electrons.